The van der Waals surface area contributed by atoms with Crippen molar-refractivity contribution in [1.82, 2.24) is 9.80 Å². The second-order valence-electron chi connectivity index (χ2n) is 5.90. The summed E-state index contributed by atoms with van der Waals surface area (Å²) in [6.45, 7) is 4.21. The van der Waals surface area contributed by atoms with E-state index >= 15 is 0 Å². The fourth-order valence-corrected chi connectivity index (χ4v) is 3.45. The van der Waals surface area contributed by atoms with Crippen LogP contribution in [-0.2, 0) is 4.79 Å². The number of likely N-dealkylation sites (N-methyl/N-ethyl adjacent to an activating group) is 1. The highest BCUT2D eigenvalue weighted by molar-refractivity contribution is 5.67. The van der Waals surface area contributed by atoms with E-state index < -0.39 is 5.97 Å². The molecule has 18 heavy (non-hydrogen) atoms. The van der Waals surface area contributed by atoms with E-state index in [-0.39, 0.29) is 6.04 Å². The number of piperazine rings is 1. The lowest BCUT2D eigenvalue weighted by molar-refractivity contribution is -0.139. The van der Waals surface area contributed by atoms with Gasteiger partial charge >= 0.3 is 5.97 Å². The van der Waals surface area contributed by atoms with E-state index in [1.54, 1.807) is 0 Å². The fraction of sp³-hybridized carbons (Fsp3) is 0.929. The SMILES string of the molecule is CN1CCN(C(CC(=O)O)C2CCCCC2)CC1. The van der Waals surface area contributed by atoms with Gasteiger partial charge in [0.05, 0.1) is 6.42 Å². The van der Waals surface area contributed by atoms with Crippen LogP contribution >= 0.6 is 0 Å². The minimum Gasteiger partial charge on any atom is -0.481 e. The largest absolute Gasteiger partial charge is 0.481 e. The molecule has 1 aliphatic heterocycles. The van der Waals surface area contributed by atoms with Crippen LogP contribution < -0.4 is 0 Å². The summed E-state index contributed by atoms with van der Waals surface area (Å²) in [6, 6.07) is 0.275. The number of hydrogen-bond acceptors (Lipinski definition) is 3. The van der Waals surface area contributed by atoms with Crippen molar-refractivity contribution in [1.29, 1.82) is 0 Å². The first-order chi connectivity index (χ1) is 8.66. The summed E-state index contributed by atoms with van der Waals surface area (Å²) >= 11 is 0. The molecule has 4 heteroatoms. The van der Waals surface area contributed by atoms with Gasteiger partial charge in [-0.25, -0.2) is 0 Å². The van der Waals surface area contributed by atoms with Gasteiger partial charge in [-0.05, 0) is 25.8 Å². The number of nitrogens with zero attached hydrogens (tertiary/aromatic N) is 2. The van der Waals surface area contributed by atoms with Gasteiger partial charge in [-0.2, -0.15) is 0 Å². The molecule has 0 aromatic rings. The van der Waals surface area contributed by atoms with Crippen LogP contribution in [-0.4, -0.2) is 60.1 Å². The number of carboxylic acids is 1. The number of carboxylic acid groups (broad SMARTS) is 1. The Hall–Kier alpha value is -0.610. The van der Waals surface area contributed by atoms with Gasteiger partial charge in [0.1, 0.15) is 0 Å². The van der Waals surface area contributed by atoms with E-state index in [0.717, 1.165) is 26.2 Å². The van der Waals surface area contributed by atoms with Crippen molar-refractivity contribution >= 4 is 5.97 Å². The van der Waals surface area contributed by atoms with Gasteiger partial charge in [-0.1, -0.05) is 19.3 Å². The van der Waals surface area contributed by atoms with E-state index in [9.17, 15) is 4.79 Å². The number of aliphatic carboxylic acids is 1. The molecule has 2 fully saturated rings. The van der Waals surface area contributed by atoms with Crippen molar-refractivity contribution in [2.24, 2.45) is 5.92 Å². The third-order valence-electron chi connectivity index (χ3n) is 4.58. The third-order valence-corrected chi connectivity index (χ3v) is 4.58. The smallest absolute Gasteiger partial charge is 0.304 e. The van der Waals surface area contributed by atoms with Crippen LogP contribution in [0.2, 0.25) is 0 Å². The zero-order chi connectivity index (χ0) is 13.0. The monoisotopic (exact) mass is 254 g/mol. The minimum atomic E-state index is -0.635. The molecule has 0 bridgehead atoms. The quantitative estimate of drug-likeness (QED) is 0.828. The number of rotatable bonds is 4. The lowest BCUT2D eigenvalue weighted by atomic mass is 9.81. The average molecular weight is 254 g/mol. The van der Waals surface area contributed by atoms with E-state index in [2.05, 4.69) is 16.8 Å². The summed E-state index contributed by atoms with van der Waals surface area (Å²) in [6.07, 6.45) is 6.69. The van der Waals surface area contributed by atoms with Crippen molar-refractivity contribution in [2.75, 3.05) is 33.2 Å². The number of hydrogen-bond donors (Lipinski definition) is 1. The fourth-order valence-electron chi connectivity index (χ4n) is 3.45. The lowest BCUT2D eigenvalue weighted by Gasteiger charge is -2.42. The average Bonchev–Trinajstić information content (AvgIpc) is 2.38. The molecule has 1 saturated carbocycles. The van der Waals surface area contributed by atoms with Gasteiger partial charge in [0.15, 0.2) is 0 Å². The van der Waals surface area contributed by atoms with Crippen LogP contribution in [0.1, 0.15) is 38.5 Å². The van der Waals surface area contributed by atoms with Gasteiger partial charge in [-0.15, -0.1) is 0 Å². The van der Waals surface area contributed by atoms with E-state index in [1.165, 1.54) is 32.1 Å². The summed E-state index contributed by atoms with van der Waals surface area (Å²) in [5.41, 5.74) is 0. The van der Waals surface area contributed by atoms with Crippen molar-refractivity contribution in [3.8, 4) is 0 Å². The maximum atomic E-state index is 11.1. The molecule has 0 aromatic carbocycles. The van der Waals surface area contributed by atoms with Crippen molar-refractivity contribution in [2.45, 2.75) is 44.6 Å². The summed E-state index contributed by atoms with van der Waals surface area (Å²) in [7, 11) is 2.14. The van der Waals surface area contributed by atoms with E-state index in [1.807, 2.05) is 0 Å². The Balaban J connectivity index is 1.97. The molecule has 1 heterocycles. The molecule has 1 N–H and O–H groups in total. The van der Waals surface area contributed by atoms with Crippen molar-refractivity contribution in [3.63, 3.8) is 0 Å². The Morgan fingerprint density at radius 3 is 2.33 bits per heavy atom. The van der Waals surface area contributed by atoms with Gasteiger partial charge in [0.25, 0.3) is 0 Å². The molecule has 2 aliphatic rings. The predicted octanol–water partition coefficient (Wildman–Crippen LogP) is 1.66. The van der Waals surface area contributed by atoms with Crippen molar-refractivity contribution < 1.29 is 9.90 Å². The summed E-state index contributed by atoms with van der Waals surface area (Å²) in [5, 5.41) is 9.16. The topological polar surface area (TPSA) is 43.8 Å². The van der Waals surface area contributed by atoms with Gasteiger partial charge in [0, 0.05) is 32.2 Å². The first-order valence-corrected chi connectivity index (χ1v) is 7.31. The molecule has 2 rings (SSSR count). The molecule has 4 nitrogen and oxygen atoms in total. The predicted molar refractivity (Wildman–Crippen MR) is 71.7 cm³/mol. The second kappa shape index (κ2) is 6.53. The standard InChI is InChI=1S/C14H26N2O2/c1-15-7-9-16(10-8-15)13(11-14(17)18)12-5-3-2-4-6-12/h12-13H,2-11H2,1H3,(H,17,18). The minimum absolute atomic E-state index is 0.275. The van der Waals surface area contributed by atoms with Crippen LogP contribution in [0.25, 0.3) is 0 Å². The van der Waals surface area contributed by atoms with Crippen LogP contribution in [0.15, 0.2) is 0 Å². The van der Waals surface area contributed by atoms with Crippen molar-refractivity contribution in [3.05, 3.63) is 0 Å². The third kappa shape index (κ3) is 3.69. The normalized spacial score (nSPS) is 26.1. The maximum absolute atomic E-state index is 11.1. The Bertz CT molecular complexity index is 269. The lowest BCUT2D eigenvalue weighted by Crippen LogP contribution is -2.52. The van der Waals surface area contributed by atoms with Gasteiger partial charge in [-0.3, -0.25) is 9.69 Å². The van der Waals surface area contributed by atoms with E-state index in [4.69, 9.17) is 5.11 Å². The molecule has 104 valence electrons. The van der Waals surface area contributed by atoms with Crippen LogP contribution in [0.3, 0.4) is 0 Å². The molecule has 1 atom stereocenters. The zero-order valence-corrected chi connectivity index (χ0v) is 11.5. The molecule has 0 amide bonds. The highest BCUT2D eigenvalue weighted by Crippen LogP contribution is 2.31. The highest BCUT2D eigenvalue weighted by atomic mass is 16.4. The Labute approximate surface area is 110 Å². The Morgan fingerprint density at radius 1 is 1.17 bits per heavy atom. The molecule has 1 aliphatic carbocycles. The molecule has 1 unspecified atom stereocenters. The summed E-state index contributed by atoms with van der Waals surface area (Å²) in [5.74, 6) is -0.0252. The zero-order valence-electron chi connectivity index (χ0n) is 11.5. The number of carbonyl (C=O) groups is 1. The Morgan fingerprint density at radius 2 is 1.78 bits per heavy atom. The first kappa shape index (κ1) is 13.8. The Kier molecular flexibility index (Phi) is 5.01. The highest BCUT2D eigenvalue weighted by Gasteiger charge is 2.31. The molecule has 0 aromatic heterocycles. The molecule has 0 radical (unpaired) electrons. The second-order valence-corrected chi connectivity index (χ2v) is 5.90. The van der Waals surface area contributed by atoms with Gasteiger partial charge < -0.3 is 10.0 Å². The first-order valence-electron chi connectivity index (χ1n) is 7.31. The molecule has 1 saturated heterocycles. The molecular formula is C14H26N2O2. The van der Waals surface area contributed by atoms with Gasteiger partial charge in [0.2, 0.25) is 0 Å². The summed E-state index contributed by atoms with van der Waals surface area (Å²) < 4.78 is 0. The van der Waals surface area contributed by atoms with Crippen LogP contribution in [0.5, 0.6) is 0 Å². The molecular weight excluding hydrogens is 228 g/mol. The van der Waals surface area contributed by atoms with Crippen LogP contribution in [0, 0.1) is 5.92 Å². The van der Waals surface area contributed by atoms with E-state index in [0.29, 0.717) is 12.3 Å². The summed E-state index contributed by atoms with van der Waals surface area (Å²) in [4.78, 5) is 15.9. The van der Waals surface area contributed by atoms with Crippen LogP contribution in [0.4, 0.5) is 0 Å². The molecule has 0 spiro atoms. The maximum Gasteiger partial charge on any atom is 0.304 e.